The van der Waals surface area contributed by atoms with Crippen LogP contribution in [0.25, 0.3) is 0 Å². The maximum atomic E-state index is 10.7. The molecular weight excluding hydrogens is 188 g/mol. The van der Waals surface area contributed by atoms with Crippen molar-refractivity contribution in [1.29, 1.82) is 0 Å². The first-order valence-corrected chi connectivity index (χ1v) is 4.40. The molecule has 1 aliphatic rings. The summed E-state index contributed by atoms with van der Waals surface area (Å²) in [5.41, 5.74) is 0. The highest BCUT2D eigenvalue weighted by Crippen LogP contribution is 2.29. The number of carbonyl (C=O) groups is 1. The molecule has 5 nitrogen and oxygen atoms in total. The zero-order valence-corrected chi connectivity index (χ0v) is 8.85. The van der Waals surface area contributed by atoms with E-state index in [2.05, 4.69) is 0 Å². The fourth-order valence-corrected chi connectivity index (χ4v) is 1.50. The van der Waals surface area contributed by atoms with Gasteiger partial charge >= 0.3 is 0 Å². The van der Waals surface area contributed by atoms with Crippen molar-refractivity contribution in [3.8, 4) is 0 Å². The predicted octanol–water partition coefficient (Wildman–Crippen LogP) is 0.324. The van der Waals surface area contributed by atoms with Gasteiger partial charge in [-0.3, -0.25) is 0 Å². The first-order valence-electron chi connectivity index (χ1n) is 4.40. The summed E-state index contributed by atoms with van der Waals surface area (Å²) >= 11 is 0. The fourth-order valence-electron chi connectivity index (χ4n) is 1.50. The highest BCUT2D eigenvalue weighted by molar-refractivity contribution is 5.57. The number of rotatable bonds is 4. The minimum atomic E-state index is -0.772. The Morgan fingerprint density at radius 1 is 1.29 bits per heavy atom. The van der Waals surface area contributed by atoms with Gasteiger partial charge in [-0.05, 0) is 13.8 Å². The normalized spacial score (nSPS) is 30.9. The second-order valence-corrected chi connectivity index (χ2v) is 3.54. The Morgan fingerprint density at radius 2 is 1.86 bits per heavy atom. The third-order valence-electron chi connectivity index (χ3n) is 2.03. The minimum absolute atomic E-state index is 0.516. The summed E-state index contributed by atoms with van der Waals surface area (Å²) < 4.78 is 20.9. The molecule has 0 unspecified atom stereocenters. The van der Waals surface area contributed by atoms with Gasteiger partial charge in [0.15, 0.2) is 18.4 Å². The molecule has 0 aromatic carbocycles. The van der Waals surface area contributed by atoms with Crippen molar-refractivity contribution in [2.45, 2.75) is 38.1 Å². The molecule has 0 spiro atoms. The molecule has 2 atom stereocenters. The van der Waals surface area contributed by atoms with Crippen molar-refractivity contribution in [2.24, 2.45) is 0 Å². The van der Waals surface area contributed by atoms with Crippen molar-refractivity contribution >= 4 is 6.29 Å². The van der Waals surface area contributed by atoms with Crippen LogP contribution in [0, 0.1) is 0 Å². The van der Waals surface area contributed by atoms with E-state index in [1.165, 1.54) is 14.2 Å². The summed E-state index contributed by atoms with van der Waals surface area (Å²) in [6, 6.07) is 0. The summed E-state index contributed by atoms with van der Waals surface area (Å²) in [6.45, 7) is 3.48. The van der Waals surface area contributed by atoms with E-state index in [9.17, 15) is 4.79 Å². The van der Waals surface area contributed by atoms with Crippen LogP contribution in [0.2, 0.25) is 0 Å². The molecule has 0 aliphatic carbocycles. The van der Waals surface area contributed by atoms with E-state index in [0.29, 0.717) is 6.29 Å². The monoisotopic (exact) mass is 204 g/mol. The molecule has 0 aromatic heterocycles. The van der Waals surface area contributed by atoms with Gasteiger partial charge in [-0.25, -0.2) is 0 Å². The average molecular weight is 204 g/mol. The van der Waals surface area contributed by atoms with Crippen molar-refractivity contribution < 1.29 is 23.7 Å². The van der Waals surface area contributed by atoms with E-state index < -0.39 is 24.3 Å². The maximum absolute atomic E-state index is 10.7. The van der Waals surface area contributed by atoms with Gasteiger partial charge < -0.3 is 23.7 Å². The Kier molecular flexibility index (Phi) is 3.60. The van der Waals surface area contributed by atoms with E-state index >= 15 is 0 Å². The molecular formula is C9H16O5. The number of methoxy groups -OCH3 is 2. The largest absolute Gasteiger partial charge is 0.353 e. The SMILES string of the molecule is COC(OC)[C@@H]1OC(C)(C)O[C@H]1C=O. The minimum Gasteiger partial charge on any atom is -0.353 e. The standard InChI is InChI=1S/C9H16O5/c1-9(2)13-6(5-10)7(14-9)8(11-3)12-4/h5-8H,1-4H3/t6-,7+/m0/s1. The number of ether oxygens (including phenoxy) is 4. The smallest absolute Gasteiger partial charge is 0.186 e. The Morgan fingerprint density at radius 3 is 2.29 bits per heavy atom. The summed E-state index contributed by atoms with van der Waals surface area (Å²) in [4.78, 5) is 10.7. The van der Waals surface area contributed by atoms with Gasteiger partial charge in [-0.15, -0.1) is 0 Å². The first kappa shape index (κ1) is 11.6. The van der Waals surface area contributed by atoms with Crippen molar-refractivity contribution in [3.05, 3.63) is 0 Å². The molecule has 5 heteroatoms. The van der Waals surface area contributed by atoms with E-state index in [0.717, 1.165) is 0 Å². The number of aldehydes is 1. The van der Waals surface area contributed by atoms with Crippen LogP contribution in [-0.4, -0.2) is 44.8 Å². The van der Waals surface area contributed by atoms with Crippen molar-refractivity contribution in [3.63, 3.8) is 0 Å². The number of hydrogen-bond acceptors (Lipinski definition) is 5. The predicted molar refractivity (Wildman–Crippen MR) is 47.7 cm³/mol. The topological polar surface area (TPSA) is 54.0 Å². The van der Waals surface area contributed by atoms with Gasteiger partial charge in [0.1, 0.15) is 12.2 Å². The van der Waals surface area contributed by atoms with Crippen LogP contribution in [0.3, 0.4) is 0 Å². The molecule has 0 amide bonds. The van der Waals surface area contributed by atoms with Gasteiger partial charge in [0.2, 0.25) is 0 Å². The second-order valence-electron chi connectivity index (χ2n) is 3.54. The molecule has 0 N–H and O–H groups in total. The lowest BCUT2D eigenvalue weighted by Gasteiger charge is -2.22. The van der Waals surface area contributed by atoms with Gasteiger partial charge in [0.05, 0.1) is 0 Å². The van der Waals surface area contributed by atoms with Crippen LogP contribution in [0.5, 0.6) is 0 Å². The second kappa shape index (κ2) is 4.35. The summed E-state index contributed by atoms with van der Waals surface area (Å²) in [5, 5.41) is 0. The molecule has 0 saturated carbocycles. The van der Waals surface area contributed by atoms with Crippen LogP contribution in [0.15, 0.2) is 0 Å². The van der Waals surface area contributed by atoms with Crippen LogP contribution < -0.4 is 0 Å². The summed E-state index contributed by atoms with van der Waals surface area (Å²) in [7, 11) is 2.98. The average Bonchev–Trinajstić information content (AvgIpc) is 2.44. The quantitative estimate of drug-likeness (QED) is 0.487. The molecule has 1 aliphatic heterocycles. The van der Waals surface area contributed by atoms with Gasteiger partial charge in [0.25, 0.3) is 0 Å². The Balaban J connectivity index is 2.72. The lowest BCUT2D eigenvalue weighted by atomic mass is 10.2. The molecule has 1 rings (SSSR count). The molecule has 82 valence electrons. The highest BCUT2D eigenvalue weighted by atomic mass is 16.8. The van der Waals surface area contributed by atoms with E-state index in [-0.39, 0.29) is 0 Å². The van der Waals surface area contributed by atoms with Gasteiger partial charge in [0, 0.05) is 14.2 Å². The Hall–Kier alpha value is -0.490. The molecule has 1 saturated heterocycles. The summed E-state index contributed by atoms with van der Waals surface area (Å²) in [6.07, 6.45) is -1.05. The molecule has 1 heterocycles. The Bertz CT molecular complexity index is 199. The first-order chi connectivity index (χ1) is 6.54. The molecule has 0 bridgehead atoms. The zero-order chi connectivity index (χ0) is 10.8. The third-order valence-corrected chi connectivity index (χ3v) is 2.03. The molecule has 1 fully saturated rings. The maximum Gasteiger partial charge on any atom is 0.186 e. The van der Waals surface area contributed by atoms with E-state index in [4.69, 9.17) is 18.9 Å². The third kappa shape index (κ3) is 2.30. The van der Waals surface area contributed by atoms with Crippen molar-refractivity contribution in [2.75, 3.05) is 14.2 Å². The Labute approximate surface area is 83.3 Å². The summed E-state index contributed by atoms with van der Waals surface area (Å²) in [5.74, 6) is -0.772. The number of hydrogen-bond donors (Lipinski definition) is 0. The molecule has 14 heavy (non-hydrogen) atoms. The van der Waals surface area contributed by atoms with Crippen molar-refractivity contribution in [1.82, 2.24) is 0 Å². The highest BCUT2D eigenvalue weighted by Gasteiger charge is 2.45. The van der Waals surface area contributed by atoms with E-state index in [1.54, 1.807) is 13.8 Å². The molecule has 0 radical (unpaired) electrons. The van der Waals surface area contributed by atoms with Crippen LogP contribution in [-0.2, 0) is 23.7 Å². The lowest BCUT2D eigenvalue weighted by molar-refractivity contribution is -0.201. The fraction of sp³-hybridized carbons (Fsp3) is 0.889. The lowest BCUT2D eigenvalue weighted by Crippen LogP contribution is -2.38. The van der Waals surface area contributed by atoms with Gasteiger partial charge in [-0.2, -0.15) is 0 Å². The molecule has 0 aromatic rings. The van der Waals surface area contributed by atoms with Gasteiger partial charge in [-0.1, -0.05) is 0 Å². The number of carbonyl (C=O) groups excluding carboxylic acids is 1. The van der Waals surface area contributed by atoms with Crippen LogP contribution >= 0.6 is 0 Å². The zero-order valence-electron chi connectivity index (χ0n) is 8.85. The van der Waals surface area contributed by atoms with Crippen LogP contribution in [0.1, 0.15) is 13.8 Å². The van der Waals surface area contributed by atoms with Crippen LogP contribution in [0.4, 0.5) is 0 Å². The van der Waals surface area contributed by atoms with E-state index in [1.807, 2.05) is 0 Å².